The third-order valence-electron chi connectivity index (χ3n) is 2.03. The number of nitrogens with zero attached hydrogens (tertiary/aromatic N) is 1. The maximum Gasteiger partial charge on any atom is 0.221 e. The molecule has 0 aliphatic carbocycles. The Morgan fingerprint density at radius 1 is 1.12 bits per heavy atom. The molecule has 0 aliphatic rings. The second kappa shape index (κ2) is 5.30. The monoisotopic (exact) mass is 233 g/mol. The Morgan fingerprint density at radius 2 is 1.88 bits per heavy atom. The van der Waals surface area contributed by atoms with E-state index >= 15 is 0 Å². The summed E-state index contributed by atoms with van der Waals surface area (Å²) in [6.45, 7) is 2.49. The van der Waals surface area contributed by atoms with Gasteiger partial charge in [0.2, 0.25) is 11.8 Å². The van der Waals surface area contributed by atoms with E-state index in [1.54, 1.807) is 30.3 Å². The molecule has 1 heterocycles. The first-order chi connectivity index (χ1) is 8.28. The average molecular weight is 233 g/mol. The van der Waals surface area contributed by atoms with E-state index in [0.29, 0.717) is 18.1 Å². The van der Waals surface area contributed by atoms with Crippen LogP contribution in [0.1, 0.15) is 6.92 Å². The molecular formula is C13H12FNO2. The largest absolute Gasteiger partial charge is 0.494 e. The van der Waals surface area contributed by atoms with Crippen molar-refractivity contribution in [3.8, 4) is 17.4 Å². The number of rotatable bonds is 4. The molecule has 0 amide bonds. The van der Waals surface area contributed by atoms with Crippen LogP contribution in [0, 0.1) is 5.95 Å². The number of aromatic nitrogens is 1. The molecule has 17 heavy (non-hydrogen) atoms. The predicted molar refractivity (Wildman–Crippen MR) is 61.9 cm³/mol. The maximum absolute atomic E-state index is 12.9. The van der Waals surface area contributed by atoms with E-state index in [0.717, 1.165) is 0 Å². The highest BCUT2D eigenvalue weighted by molar-refractivity contribution is 5.35. The molecule has 0 bridgehead atoms. The van der Waals surface area contributed by atoms with Crippen molar-refractivity contribution in [2.45, 2.75) is 6.92 Å². The predicted octanol–water partition coefficient (Wildman–Crippen LogP) is 3.41. The van der Waals surface area contributed by atoms with Gasteiger partial charge in [0.25, 0.3) is 0 Å². The van der Waals surface area contributed by atoms with Crippen molar-refractivity contribution >= 4 is 0 Å². The van der Waals surface area contributed by atoms with Gasteiger partial charge in [-0.3, -0.25) is 0 Å². The molecule has 3 nitrogen and oxygen atoms in total. The molecule has 2 rings (SSSR count). The zero-order valence-electron chi connectivity index (χ0n) is 9.39. The fourth-order valence-electron chi connectivity index (χ4n) is 1.36. The molecule has 0 atom stereocenters. The van der Waals surface area contributed by atoms with Crippen LogP contribution in [0.4, 0.5) is 4.39 Å². The van der Waals surface area contributed by atoms with Gasteiger partial charge in [-0.1, -0.05) is 12.1 Å². The summed E-state index contributed by atoms with van der Waals surface area (Å²) in [5.74, 6) is 0.928. The molecule has 88 valence electrons. The Kier molecular flexibility index (Phi) is 3.55. The Morgan fingerprint density at radius 3 is 2.65 bits per heavy atom. The van der Waals surface area contributed by atoms with E-state index in [4.69, 9.17) is 9.47 Å². The minimum Gasteiger partial charge on any atom is -0.494 e. The molecule has 0 fully saturated rings. The second-order valence-corrected chi connectivity index (χ2v) is 3.31. The van der Waals surface area contributed by atoms with E-state index < -0.39 is 5.95 Å². The van der Waals surface area contributed by atoms with Crippen LogP contribution >= 0.6 is 0 Å². The lowest BCUT2D eigenvalue weighted by atomic mass is 10.3. The first kappa shape index (κ1) is 11.4. The number of ether oxygens (including phenoxy) is 2. The lowest BCUT2D eigenvalue weighted by Gasteiger charge is -2.07. The normalized spacial score (nSPS) is 10.0. The van der Waals surface area contributed by atoms with Crippen molar-refractivity contribution in [3.05, 3.63) is 48.4 Å². The van der Waals surface area contributed by atoms with Crippen molar-refractivity contribution in [2.24, 2.45) is 0 Å². The van der Waals surface area contributed by atoms with Crippen LogP contribution in [0.3, 0.4) is 0 Å². The molecule has 0 saturated heterocycles. The smallest absolute Gasteiger partial charge is 0.221 e. The van der Waals surface area contributed by atoms with Crippen LogP contribution in [0.5, 0.6) is 17.4 Å². The van der Waals surface area contributed by atoms with Crippen LogP contribution < -0.4 is 9.47 Å². The molecular weight excluding hydrogens is 221 g/mol. The van der Waals surface area contributed by atoms with Gasteiger partial charge in [0.05, 0.1) is 6.61 Å². The molecule has 2 aromatic rings. The average Bonchev–Trinajstić information content (AvgIpc) is 2.30. The molecule has 1 aromatic carbocycles. The van der Waals surface area contributed by atoms with Gasteiger partial charge in [0.15, 0.2) is 0 Å². The topological polar surface area (TPSA) is 31.4 Å². The number of hydrogen-bond donors (Lipinski definition) is 0. The third-order valence-corrected chi connectivity index (χ3v) is 2.03. The van der Waals surface area contributed by atoms with E-state index in [-0.39, 0.29) is 5.88 Å². The fourth-order valence-corrected chi connectivity index (χ4v) is 1.36. The Labute approximate surface area is 98.8 Å². The van der Waals surface area contributed by atoms with E-state index in [1.165, 1.54) is 6.07 Å². The molecule has 0 radical (unpaired) electrons. The summed E-state index contributed by atoms with van der Waals surface area (Å²) in [6.07, 6.45) is 0. The van der Waals surface area contributed by atoms with Crippen LogP contribution in [-0.4, -0.2) is 11.6 Å². The van der Waals surface area contributed by atoms with Gasteiger partial charge < -0.3 is 9.47 Å². The summed E-state index contributed by atoms with van der Waals surface area (Å²) in [5.41, 5.74) is 0. The fraction of sp³-hybridized carbons (Fsp3) is 0.154. The summed E-state index contributed by atoms with van der Waals surface area (Å²) in [6, 6.07) is 11.5. The van der Waals surface area contributed by atoms with Gasteiger partial charge in [0.1, 0.15) is 11.5 Å². The van der Waals surface area contributed by atoms with Gasteiger partial charge in [-0.25, -0.2) is 0 Å². The first-order valence-corrected chi connectivity index (χ1v) is 5.31. The molecule has 0 aliphatic heterocycles. The van der Waals surface area contributed by atoms with Crippen molar-refractivity contribution in [1.29, 1.82) is 0 Å². The summed E-state index contributed by atoms with van der Waals surface area (Å²) in [5, 5.41) is 0. The molecule has 0 unspecified atom stereocenters. The Hall–Kier alpha value is -2.10. The van der Waals surface area contributed by atoms with Gasteiger partial charge in [-0.15, -0.1) is 0 Å². The van der Waals surface area contributed by atoms with Crippen LogP contribution in [0.25, 0.3) is 0 Å². The SMILES string of the molecule is CCOc1cccc(Oc2cccc(F)n2)c1. The van der Waals surface area contributed by atoms with Crippen LogP contribution in [0.2, 0.25) is 0 Å². The summed E-state index contributed by atoms with van der Waals surface area (Å²) in [7, 11) is 0. The number of halogens is 1. The lowest BCUT2D eigenvalue weighted by molar-refractivity contribution is 0.337. The van der Waals surface area contributed by atoms with Gasteiger partial charge in [0, 0.05) is 12.1 Å². The van der Waals surface area contributed by atoms with Gasteiger partial charge in [-0.05, 0) is 25.1 Å². The standard InChI is InChI=1S/C13H12FNO2/c1-2-16-10-5-3-6-11(9-10)17-13-8-4-7-12(14)15-13/h3-9H,2H2,1H3. The van der Waals surface area contributed by atoms with E-state index in [2.05, 4.69) is 4.98 Å². The highest BCUT2D eigenvalue weighted by Crippen LogP contribution is 2.23. The second-order valence-electron chi connectivity index (χ2n) is 3.31. The third kappa shape index (κ3) is 3.17. The number of hydrogen-bond acceptors (Lipinski definition) is 3. The van der Waals surface area contributed by atoms with Crippen LogP contribution in [-0.2, 0) is 0 Å². The molecule has 0 saturated carbocycles. The Balaban J connectivity index is 2.15. The van der Waals surface area contributed by atoms with Gasteiger partial charge in [-0.2, -0.15) is 9.37 Å². The first-order valence-electron chi connectivity index (χ1n) is 5.31. The van der Waals surface area contributed by atoms with Crippen molar-refractivity contribution in [1.82, 2.24) is 4.98 Å². The van der Waals surface area contributed by atoms with Crippen molar-refractivity contribution < 1.29 is 13.9 Å². The summed E-state index contributed by atoms with van der Waals surface area (Å²) in [4.78, 5) is 3.61. The quantitative estimate of drug-likeness (QED) is 0.758. The van der Waals surface area contributed by atoms with Crippen molar-refractivity contribution in [2.75, 3.05) is 6.61 Å². The number of benzene rings is 1. The van der Waals surface area contributed by atoms with E-state index in [1.807, 2.05) is 13.0 Å². The molecule has 0 N–H and O–H groups in total. The van der Waals surface area contributed by atoms with Crippen molar-refractivity contribution in [3.63, 3.8) is 0 Å². The summed E-state index contributed by atoms with van der Waals surface area (Å²) >= 11 is 0. The summed E-state index contributed by atoms with van der Waals surface area (Å²) < 4.78 is 23.6. The molecule has 4 heteroatoms. The highest BCUT2D eigenvalue weighted by Gasteiger charge is 2.01. The van der Waals surface area contributed by atoms with Gasteiger partial charge >= 0.3 is 0 Å². The number of pyridine rings is 1. The lowest BCUT2D eigenvalue weighted by Crippen LogP contribution is -1.93. The molecule has 1 aromatic heterocycles. The molecule has 0 spiro atoms. The minimum atomic E-state index is -0.566. The zero-order valence-corrected chi connectivity index (χ0v) is 9.39. The van der Waals surface area contributed by atoms with Crippen LogP contribution in [0.15, 0.2) is 42.5 Å². The highest BCUT2D eigenvalue weighted by atomic mass is 19.1. The zero-order chi connectivity index (χ0) is 12.1. The van der Waals surface area contributed by atoms with E-state index in [9.17, 15) is 4.39 Å². The minimum absolute atomic E-state index is 0.221. The maximum atomic E-state index is 12.9. The Bertz CT molecular complexity index is 502.